The van der Waals surface area contributed by atoms with Crippen LogP contribution < -0.4 is 0 Å². The summed E-state index contributed by atoms with van der Waals surface area (Å²) in [5.74, 6) is 0.919. The molecule has 0 bridgehead atoms. The first-order valence-corrected chi connectivity index (χ1v) is 6.43. The molecular weight excluding hydrogens is 196 g/mol. The van der Waals surface area contributed by atoms with Crippen LogP contribution in [0.2, 0.25) is 0 Å². The third-order valence-electron chi connectivity index (χ3n) is 3.50. The molecule has 0 N–H and O–H groups in total. The summed E-state index contributed by atoms with van der Waals surface area (Å²) in [5.41, 5.74) is 1.35. The van der Waals surface area contributed by atoms with Crippen LogP contribution in [-0.4, -0.2) is 5.78 Å². The lowest BCUT2D eigenvalue weighted by atomic mass is 9.89. The molecule has 1 saturated carbocycles. The number of Topliss-reactive ketones (excluding diaryl/α,β-unsaturated/α-hetero) is 1. The summed E-state index contributed by atoms with van der Waals surface area (Å²) in [6, 6.07) is 10.5. The van der Waals surface area contributed by atoms with Gasteiger partial charge in [-0.15, -0.1) is 0 Å². The van der Waals surface area contributed by atoms with Crippen molar-refractivity contribution in [3.8, 4) is 0 Å². The maximum atomic E-state index is 11.8. The fourth-order valence-corrected chi connectivity index (χ4v) is 2.56. The molecule has 0 aromatic heterocycles. The fourth-order valence-electron chi connectivity index (χ4n) is 2.56. The minimum absolute atomic E-state index is 0.454. The molecule has 0 saturated heterocycles. The van der Waals surface area contributed by atoms with Crippen molar-refractivity contribution in [1.29, 1.82) is 0 Å². The van der Waals surface area contributed by atoms with E-state index < -0.39 is 0 Å². The van der Waals surface area contributed by atoms with E-state index in [1.54, 1.807) is 0 Å². The van der Waals surface area contributed by atoms with Crippen molar-refractivity contribution in [3.63, 3.8) is 0 Å². The van der Waals surface area contributed by atoms with E-state index in [0.717, 1.165) is 19.3 Å². The highest BCUT2D eigenvalue weighted by molar-refractivity contribution is 5.79. The molecule has 0 aliphatic heterocycles. The number of benzene rings is 1. The Hall–Kier alpha value is -1.11. The zero-order chi connectivity index (χ0) is 11.2. The number of hydrogen-bond donors (Lipinski definition) is 0. The van der Waals surface area contributed by atoms with Crippen LogP contribution in [0.4, 0.5) is 0 Å². The van der Waals surface area contributed by atoms with Gasteiger partial charge in [0, 0.05) is 12.8 Å². The molecule has 1 nitrogen and oxygen atoms in total. The summed E-state index contributed by atoms with van der Waals surface area (Å²) in [6.07, 6.45) is 7.61. The third-order valence-corrected chi connectivity index (χ3v) is 3.50. The first kappa shape index (κ1) is 11.4. The minimum Gasteiger partial charge on any atom is -0.300 e. The smallest absolute Gasteiger partial charge is 0.133 e. The molecule has 1 aromatic carbocycles. The second kappa shape index (κ2) is 5.83. The lowest BCUT2D eigenvalue weighted by Crippen LogP contribution is -2.06. The summed E-state index contributed by atoms with van der Waals surface area (Å²) >= 11 is 0. The molecule has 1 aliphatic rings. The second-order valence-electron chi connectivity index (χ2n) is 4.80. The van der Waals surface area contributed by atoms with E-state index in [9.17, 15) is 4.79 Å². The highest BCUT2D eigenvalue weighted by Crippen LogP contribution is 2.28. The molecular formula is C15H20O. The van der Waals surface area contributed by atoms with Gasteiger partial charge in [0.2, 0.25) is 0 Å². The Labute approximate surface area is 97.9 Å². The van der Waals surface area contributed by atoms with E-state index in [-0.39, 0.29) is 0 Å². The molecule has 0 spiro atoms. The van der Waals surface area contributed by atoms with Crippen molar-refractivity contribution < 1.29 is 4.79 Å². The number of hydrogen-bond acceptors (Lipinski definition) is 1. The summed E-state index contributed by atoms with van der Waals surface area (Å²) in [6.45, 7) is 0. The number of carbonyl (C=O) groups excluding carboxylic acids is 1. The van der Waals surface area contributed by atoms with Gasteiger partial charge in [0.15, 0.2) is 0 Å². The Morgan fingerprint density at radius 2 is 1.69 bits per heavy atom. The van der Waals surface area contributed by atoms with Gasteiger partial charge in [0.1, 0.15) is 5.78 Å². The third kappa shape index (κ3) is 3.19. The van der Waals surface area contributed by atoms with Crippen LogP contribution in [0.25, 0.3) is 0 Å². The Kier molecular flexibility index (Phi) is 4.15. The Morgan fingerprint density at radius 1 is 0.938 bits per heavy atom. The van der Waals surface area contributed by atoms with Gasteiger partial charge in [-0.1, -0.05) is 49.6 Å². The quantitative estimate of drug-likeness (QED) is 0.691. The molecule has 16 heavy (non-hydrogen) atoms. The molecule has 1 unspecified atom stereocenters. The monoisotopic (exact) mass is 216 g/mol. The highest BCUT2D eigenvalue weighted by Gasteiger charge is 2.16. The Morgan fingerprint density at radius 3 is 2.50 bits per heavy atom. The summed E-state index contributed by atoms with van der Waals surface area (Å²) in [5, 5.41) is 0. The predicted molar refractivity (Wildman–Crippen MR) is 66.5 cm³/mol. The SMILES string of the molecule is O=C1CCCCCCC(c2ccccc2)C1. The zero-order valence-corrected chi connectivity index (χ0v) is 9.82. The van der Waals surface area contributed by atoms with E-state index in [1.807, 2.05) is 6.07 Å². The van der Waals surface area contributed by atoms with Crippen LogP contribution in [0.1, 0.15) is 56.4 Å². The van der Waals surface area contributed by atoms with Gasteiger partial charge < -0.3 is 0 Å². The van der Waals surface area contributed by atoms with Crippen molar-refractivity contribution in [2.45, 2.75) is 50.9 Å². The molecule has 86 valence electrons. The Balaban J connectivity index is 2.08. The van der Waals surface area contributed by atoms with Crippen LogP contribution in [0.5, 0.6) is 0 Å². The Bertz CT molecular complexity index is 329. The molecule has 1 aliphatic carbocycles. The van der Waals surface area contributed by atoms with E-state index in [2.05, 4.69) is 24.3 Å². The van der Waals surface area contributed by atoms with Gasteiger partial charge in [-0.25, -0.2) is 0 Å². The van der Waals surface area contributed by atoms with Gasteiger partial charge in [-0.3, -0.25) is 4.79 Å². The van der Waals surface area contributed by atoms with Gasteiger partial charge in [-0.05, 0) is 24.3 Å². The number of ketones is 1. The van der Waals surface area contributed by atoms with Crippen molar-refractivity contribution >= 4 is 5.78 Å². The summed E-state index contributed by atoms with van der Waals surface area (Å²) in [4.78, 5) is 11.8. The minimum atomic E-state index is 0.454. The molecule has 1 heteroatoms. The van der Waals surface area contributed by atoms with Crippen LogP contribution in [0, 0.1) is 0 Å². The van der Waals surface area contributed by atoms with Gasteiger partial charge in [0.05, 0.1) is 0 Å². The summed E-state index contributed by atoms with van der Waals surface area (Å²) < 4.78 is 0. The highest BCUT2D eigenvalue weighted by atomic mass is 16.1. The van der Waals surface area contributed by atoms with Crippen LogP contribution in [0.3, 0.4) is 0 Å². The predicted octanol–water partition coefficient (Wildman–Crippen LogP) is 4.08. The van der Waals surface area contributed by atoms with Gasteiger partial charge in [-0.2, -0.15) is 0 Å². The van der Waals surface area contributed by atoms with Crippen molar-refractivity contribution in [2.24, 2.45) is 0 Å². The topological polar surface area (TPSA) is 17.1 Å². The normalized spacial score (nSPS) is 23.2. The fraction of sp³-hybridized carbons (Fsp3) is 0.533. The van der Waals surface area contributed by atoms with Gasteiger partial charge in [0.25, 0.3) is 0 Å². The molecule has 0 radical (unpaired) electrons. The average Bonchev–Trinajstić information content (AvgIpc) is 2.42. The second-order valence-corrected chi connectivity index (χ2v) is 4.80. The van der Waals surface area contributed by atoms with Crippen LogP contribution in [0.15, 0.2) is 30.3 Å². The standard InChI is InChI=1S/C15H20O/c16-15-11-7-2-1-4-10-14(12-15)13-8-5-3-6-9-13/h3,5-6,8-9,14H,1-2,4,7,10-12H2. The lowest BCUT2D eigenvalue weighted by Gasteiger charge is -2.15. The zero-order valence-electron chi connectivity index (χ0n) is 9.82. The molecule has 1 atom stereocenters. The largest absolute Gasteiger partial charge is 0.300 e. The van der Waals surface area contributed by atoms with Crippen molar-refractivity contribution in [2.75, 3.05) is 0 Å². The van der Waals surface area contributed by atoms with E-state index in [0.29, 0.717) is 11.7 Å². The average molecular weight is 216 g/mol. The lowest BCUT2D eigenvalue weighted by molar-refractivity contribution is -0.119. The van der Waals surface area contributed by atoms with Crippen LogP contribution >= 0.6 is 0 Å². The van der Waals surface area contributed by atoms with E-state index in [1.165, 1.54) is 31.2 Å². The van der Waals surface area contributed by atoms with E-state index >= 15 is 0 Å². The van der Waals surface area contributed by atoms with E-state index in [4.69, 9.17) is 0 Å². The van der Waals surface area contributed by atoms with Crippen LogP contribution in [-0.2, 0) is 4.79 Å². The molecule has 0 heterocycles. The first-order valence-electron chi connectivity index (χ1n) is 6.43. The number of rotatable bonds is 1. The maximum Gasteiger partial charge on any atom is 0.133 e. The maximum absolute atomic E-state index is 11.8. The first-order chi connectivity index (χ1) is 7.86. The van der Waals surface area contributed by atoms with Crippen molar-refractivity contribution in [3.05, 3.63) is 35.9 Å². The van der Waals surface area contributed by atoms with Crippen molar-refractivity contribution in [1.82, 2.24) is 0 Å². The molecule has 2 rings (SSSR count). The summed E-state index contributed by atoms with van der Waals surface area (Å²) in [7, 11) is 0. The molecule has 1 fully saturated rings. The molecule has 0 amide bonds. The van der Waals surface area contributed by atoms with Gasteiger partial charge >= 0.3 is 0 Å². The number of carbonyl (C=O) groups is 1. The molecule has 1 aromatic rings.